The maximum Gasteiger partial charge on any atom is 0.331 e. The fraction of sp³-hybridized carbons (Fsp3) is 0.423. The van der Waals surface area contributed by atoms with Crippen LogP contribution in [0.2, 0.25) is 0 Å². The molecule has 1 aliphatic heterocycles. The largest absolute Gasteiger partial charge is 0.478 e. The van der Waals surface area contributed by atoms with Crippen LogP contribution >= 0.6 is 22.5 Å². The summed E-state index contributed by atoms with van der Waals surface area (Å²) in [5.74, 6) is -0.739. The second-order valence-electron chi connectivity index (χ2n) is 8.66. The predicted octanol–water partition coefficient (Wildman–Crippen LogP) is 7.22. The smallest absolute Gasteiger partial charge is 0.331 e. The first kappa shape index (κ1) is 26.6. The van der Waals surface area contributed by atoms with Crippen molar-refractivity contribution < 1.29 is 23.7 Å². The Morgan fingerprint density at radius 1 is 1.26 bits per heavy atom. The number of unbranched alkanes of at least 4 members (excludes halogenated alkanes) is 1. The molecule has 0 amide bonds. The van der Waals surface area contributed by atoms with E-state index in [1.807, 2.05) is 37.6 Å². The molecule has 1 aliphatic rings. The molecule has 8 heteroatoms. The summed E-state index contributed by atoms with van der Waals surface area (Å²) in [5, 5.41) is 8.93. The van der Waals surface area contributed by atoms with Crippen LogP contribution in [0.3, 0.4) is 0 Å². The highest BCUT2D eigenvalue weighted by molar-refractivity contribution is 8.22. The molecule has 2 aromatic carbocycles. The standard InChI is InChI=1S/C26H35NO5S2/c1-5-7-14-26(6-2)18-21(19-11-9-8-10-12-19)20-16-23(33-4)22(32-15-13-25(28)29)17-24(20)34(30,31)27(26)3/h8-13,15-17,21,30-31H,5-7,14,18H2,1-4H3,(H,28,29)/b15-13+. The lowest BCUT2D eigenvalue weighted by atomic mass is 9.76. The summed E-state index contributed by atoms with van der Waals surface area (Å²) in [4.78, 5) is 12.2. The van der Waals surface area contributed by atoms with Crippen LogP contribution in [0.25, 0.3) is 0 Å². The normalized spacial score (nSPS) is 23.3. The van der Waals surface area contributed by atoms with E-state index in [2.05, 4.69) is 26.0 Å². The Hall–Kier alpha value is -1.97. The molecule has 3 rings (SSSR count). The summed E-state index contributed by atoms with van der Waals surface area (Å²) >= 11 is 1.48. The minimum atomic E-state index is -3.33. The van der Waals surface area contributed by atoms with Crippen molar-refractivity contribution in [2.75, 3.05) is 13.3 Å². The van der Waals surface area contributed by atoms with Gasteiger partial charge in [-0.25, -0.2) is 4.79 Å². The van der Waals surface area contributed by atoms with Gasteiger partial charge in [0.1, 0.15) is 5.75 Å². The molecule has 0 bridgehead atoms. The Morgan fingerprint density at radius 2 is 1.97 bits per heavy atom. The Bertz CT molecular complexity index is 1030. The van der Waals surface area contributed by atoms with Crippen LogP contribution in [0.15, 0.2) is 64.6 Å². The number of rotatable bonds is 9. The third-order valence-corrected chi connectivity index (χ3v) is 9.72. The van der Waals surface area contributed by atoms with Gasteiger partial charge in [0.15, 0.2) is 0 Å². The number of thioether (sulfide) groups is 1. The van der Waals surface area contributed by atoms with Crippen molar-refractivity contribution in [2.24, 2.45) is 0 Å². The zero-order valence-electron chi connectivity index (χ0n) is 20.2. The number of nitrogens with zero attached hydrogens (tertiary/aromatic N) is 1. The monoisotopic (exact) mass is 505 g/mol. The first-order valence-corrected chi connectivity index (χ1v) is 14.3. The van der Waals surface area contributed by atoms with E-state index in [9.17, 15) is 13.9 Å². The van der Waals surface area contributed by atoms with Crippen LogP contribution in [0.4, 0.5) is 0 Å². The number of benzene rings is 2. The molecular formula is C26H35NO5S2. The van der Waals surface area contributed by atoms with E-state index in [1.165, 1.54) is 11.8 Å². The van der Waals surface area contributed by atoms with Crippen LogP contribution < -0.4 is 4.74 Å². The number of carboxylic acids is 1. The summed E-state index contributed by atoms with van der Waals surface area (Å²) in [5.41, 5.74) is 1.62. The van der Waals surface area contributed by atoms with E-state index in [1.54, 1.807) is 10.4 Å². The molecule has 2 atom stereocenters. The zero-order chi connectivity index (χ0) is 24.9. The van der Waals surface area contributed by atoms with E-state index in [-0.39, 0.29) is 5.92 Å². The number of carboxylic acid groups (broad SMARTS) is 1. The molecule has 6 nitrogen and oxygen atoms in total. The number of hydrogen-bond donors (Lipinski definition) is 3. The lowest BCUT2D eigenvalue weighted by molar-refractivity contribution is -0.131. The van der Waals surface area contributed by atoms with Crippen molar-refractivity contribution in [1.82, 2.24) is 4.31 Å². The van der Waals surface area contributed by atoms with Gasteiger partial charge in [0.2, 0.25) is 0 Å². The fourth-order valence-electron chi connectivity index (χ4n) is 4.81. The van der Waals surface area contributed by atoms with Gasteiger partial charge >= 0.3 is 5.97 Å². The molecular weight excluding hydrogens is 470 g/mol. The number of ether oxygens (including phenoxy) is 1. The molecule has 186 valence electrons. The van der Waals surface area contributed by atoms with Gasteiger partial charge in [-0.3, -0.25) is 9.11 Å². The molecule has 2 aromatic rings. The molecule has 0 saturated carbocycles. The highest BCUT2D eigenvalue weighted by atomic mass is 32.3. The summed E-state index contributed by atoms with van der Waals surface area (Å²) in [6.07, 6.45) is 8.39. The lowest BCUT2D eigenvalue weighted by Crippen LogP contribution is -2.46. The molecule has 0 fully saturated rings. The number of aliphatic carboxylic acids is 1. The first-order chi connectivity index (χ1) is 16.2. The number of carbonyl (C=O) groups is 1. The summed E-state index contributed by atoms with van der Waals surface area (Å²) in [6.45, 7) is 4.28. The van der Waals surface area contributed by atoms with Crippen LogP contribution in [-0.2, 0) is 4.79 Å². The summed E-state index contributed by atoms with van der Waals surface area (Å²) in [6, 6.07) is 13.9. The van der Waals surface area contributed by atoms with Gasteiger partial charge < -0.3 is 9.84 Å². The van der Waals surface area contributed by atoms with Gasteiger partial charge in [-0.2, -0.15) is 4.31 Å². The van der Waals surface area contributed by atoms with E-state index < -0.39 is 22.3 Å². The molecule has 1 heterocycles. The van der Waals surface area contributed by atoms with Crippen LogP contribution in [-0.4, -0.2) is 43.3 Å². The van der Waals surface area contributed by atoms with Crippen molar-refractivity contribution in [1.29, 1.82) is 0 Å². The lowest BCUT2D eigenvalue weighted by Gasteiger charge is -2.50. The van der Waals surface area contributed by atoms with Crippen LogP contribution in [0.1, 0.15) is 63.0 Å². The summed E-state index contributed by atoms with van der Waals surface area (Å²) < 4.78 is 30.8. The molecule has 3 N–H and O–H groups in total. The molecule has 0 saturated heterocycles. The molecule has 0 aromatic heterocycles. The maximum absolute atomic E-state index is 11.7. The SMILES string of the molecule is CCCCC1(CC)CC(c2ccccc2)c2cc(SC)c(O/C=C/C(=O)O)cc2S(O)(O)N1C. The van der Waals surface area contributed by atoms with E-state index >= 15 is 0 Å². The van der Waals surface area contributed by atoms with Crippen molar-refractivity contribution in [3.63, 3.8) is 0 Å². The van der Waals surface area contributed by atoms with E-state index in [0.29, 0.717) is 10.6 Å². The zero-order valence-corrected chi connectivity index (χ0v) is 21.9. The van der Waals surface area contributed by atoms with Crippen molar-refractivity contribution in [3.8, 4) is 5.75 Å². The molecule has 0 radical (unpaired) electrons. The van der Waals surface area contributed by atoms with Gasteiger partial charge in [-0.05, 0) is 42.7 Å². The number of fused-ring (bicyclic) bond motifs is 1. The second-order valence-corrected chi connectivity index (χ2v) is 11.5. The Kier molecular flexibility index (Phi) is 8.76. The maximum atomic E-state index is 11.7. The average molecular weight is 506 g/mol. The minimum absolute atomic E-state index is 0.0290. The highest BCUT2D eigenvalue weighted by Gasteiger charge is 2.47. The van der Waals surface area contributed by atoms with Gasteiger partial charge in [-0.15, -0.1) is 22.5 Å². The first-order valence-electron chi connectivity index (χ1n) is 11.6. The molecule has 34 heavy (non-hydrogen) atoms. The average Bonchev–Trinajstić information content (AvgIpc) is 2.90. The second kappa shape index (κ2) is 11.2. The minimum Gasteiger partial charge on any atom is -0.478 e. The molecule has 0 spiro atoms. The fourth-order valence-corrected chi connectivity index (χ4v) is 7.28. The van der Waals surface area contributed by atoms with Gasteiger partial charge in [0, 0.05) is 24.6 Å². The third kappa shape index (κ3) is 5.31. The predicted molar refractivity (Wildman–Crippen MR) is 140 cm³/mol. The van der Waals surface area contributed by atoms with Crippen LogP contribution in [0.5, 0.6) is 5.75 Å². The highest BCUT2D eigenvalue weighted by Crippen LogP contribution is 2.63. The molecule has 2 unspecified atom stereocenters. The van der Waals surface area contributed by atoms with Gasteiger partial charge in [0.05, 0.1) is 22.1 Å². The third-order valence-electron chi connectivity index (χ3n) is 6.86. The van der Waals surface area contributed by atoms with E-state index in [0.717, 1.165) is 60.5 Å². The topological polar surface area (TPSA) is 90.2 Å². The van der Waals surface area contributed by atoms with Gasteiger partial charge in [-0.1, -0.05) is 57.0 Å². The Labute approximate surface area is 208 Å². The van der Waals surface area contributed by atoms with Gasteiger partial charge in [0.25, 0.3) is 0 Å². The molecule has 0 aliphatic carbocycles. The Morgan fingerprint density at radius 3 is 2.56 bits per heavy atom. The van der Waals surface area contributed by atoms with Crippen molar-refractivity contribution in [3.05, 3.63) is 65.9 Å². The van der Waals surface area contributed by atoms with E-state index in [4.69, 9.17) is 9.84 Å². The Balaban J connectivity index is 2.26. The van der Waals surface area contributed by atoms with Crippen molar-refractivity contribution in [2.45, 2.75) is 67.2 Å². The summed E-state index contributed by atoms with van der Waals surface area (Å²) in [7, 11) is -1.51. The van der Waals surface area contributed by atoms with Crippen LogP contribution in [0, 0.1) is 0 Å². The number of hydrogen-bond acceptors (Lipinski definition) is 6. The van der Waals surface area contributed by atoms with Crippen molar-refractivity contribution >= 4 is 28.5 Å². The quantitative estimate of drug-likeness (QED) is 0.188.